The first kappa shape index (κ1) is 20.9. The second-order valence-corrected chi connectivity index (χ2v) is 9.08. The predicted octanol–water partition coefficient (Wildman–Crippen LogP) is 4.84. The van der Waals surface area contributed by atoms with Crippen LogP contribution in [-0.4, -0.2) is 37.0 Å². The number of hydrogen-bond donors (Lipinski definition) is 1. The van der Waals surface area contributed by atoms with Crippen molar-refractivity contribution in [3.8, 4) is 0 Å². The maximum Gasteiger partial charge on any atom is 0.251 e. The molecular weight excluding hydrogens is 370 g/mol. The van der Waals surface area contributed by atoms with E-state index < -0.39 is 0 Å². The maximum absolute atomic E-state index is 12.5. The predicted molar refractivity (Wildman–Crippen MR) is 124 cm³/mol. The van der Waals surface area contributed by atoms with Crippen molar-refractivity contribution < 1.29 is 4.79 Å². The van der Waals surface area contributed by atoms with Crippen LogP contribution in [0.5, 0.6) is 0 Å². The molecule has 4 nitrogen and oxygen atoms in total. The van der Waals surface area contributed by atoms with E-state index in [4.69, 9.17) is 0 Å². The van der Waals surface area contributed by atoms with E-state index >= 15 is 0 Å². The molecule has 0 radical (unpaired) electrons. The normalized spacial score (nSPS) is 20.2. The number of amides is 1. The summed E-state index contributed by atoms with van der Waals surface area (Å²) in [6.07, 6.45) is 6.55. The summed E-state index contributed by atoms with van der Waals surface area (Å²) in [5.41, 5.74) is 4.45. The Morgan fingerprint density at radius 3 is 2.30 bits per heavy atom. The molecule has 4 heteroatoms. The van der Waals surface area contributed by atoms with E-state index in [1.165, 1.54) is 56.4 Å². The first-order valence-electron chi connectivity index (χ1n) is 11.6. The van der Waals surface area contributed by atoms with E-state index in [0.717, 1.165) is 36.7 Å². The van der Waals surface area contributed by atoms with Gasteiger partial charge in [0.25, 0.3) is 5.91 Å². The first-order chi connectivity index (χ1) is 14.7. The quantitative estimate of drug-likeness (QED) is 0.747. The van der Waals surface area contributed by atoms with Crippen molar-refractivity contribution in [3.05, 3.63) is 65.2 Å². The van der Waals surface area contributed by atoms with Crippen LogP contribution >= 0.6 is 0 Å². The van der Waals surface area contributed by atoms with E-state index in [0.29, 0.717) is 6.54 Å². The van der Waals surface area contributed by atoms with Gasteiger partial charge in [-0.1, -0.05) is 31.2 Å². The summed E-state index contributed by atoms with van der Waals surface area (Å²) in [6.45, 7) is 8.55. The Kier molecular flexibility index (Phi) is 7.06. The molecule has 0 bridgehead atoms. The molecule has 2 aliphatic heterocycles. The van der Waals surface area contributed by atoms with E-state index in [1.807, 2.05) is 12.1 Å². The lowest BCUT2D eigenvalue weighted by Crippen LogP contribution is -2.33. The fourth-order valence-electron chi connectivity index (χ4n) is 4.71. The molecule has 0 aromatic heterocycles. The summed E-state index contributed by atoms with van der Waals surface area (Å²) in [4.78, 5) is 17.5. The van der Waals surface area contributed by atoms with Gasteiger partial charge in [0, 0.05) is 44.0 Å². The summed E-state index contributed by atoms with van der Waals surface area (Å²) >= 11 is 0. The van der Waals surface area contributed by atoms with Crippen LogP contribution in [0.1, 0.15) is 60.5 Å². The molecule has 2 heterocycles. The Labute approximate surface area is 181 Å². The number of anilines is 1. The summed E-state index contributed by atoms with van der Waals surface area (Å²) in [5.74, 6) is 0.783. The number of likely N-dealkylation sites (tertiary alicyclic amines) is 1. The zero-order chi connectivity index (χ0) is 20.8. The Morgan fingerprint density at radius 2 is 1.60 bits per heavy atom. The minimum Gasteiger partial charge on any atom is -0.372 e. The van der Waals surface area contributed by atoms with E-state index in [-0.39, 0.29) is 5.91 Å². The number of carbonyl (C=O) groups is 1. The molecular formula is C26H35N3O. The third-order valence-electron chi connectivity index (χ3n) is 6.47. The summed E-state index contributed by atoms with van der Waals surface area (Å²) in [7, 11) is 0. The second kappa shape index (κ2) is 10.1. The molecule has 2 aliphatic rings. The molecule has 160 valence electrons. The van der Waals surface area contributed by atoms with Gasteiger partial charge < -0.3 is 10.2 Å². The third-order valence-corrected chi connectivity index (χ3v) is 6.47. The van der Waals surface area contributed by atoms with Gasteiger partial charge in [-0.05, 0) is 80.0 Å². The van der Waals surface area contributed by atoms with Crippen LogP contribution in [0, 0.1) is 5.92 Å². The Bertz CT molecular complexity index is 809. The van der Waals surface area contributed by atoms with Gasteiger partial charge in [0.15, 0.2) is 0 Å². The first-order valence-corrected chi connectivity index (χ1v) is 11.6. The Hall–Kier alpha value is -2.33. The molecule has 0 spiro atoms. The number of nitrogens with zero attached hydrogens (tertiary/aromatic N) is 2. The molecule has 4 rings (SSSR count). The standard InChI is InChI=1S/C26H35N3O/c1-21-6-5-15-28(19-21)20-23-7-11-24(12-8-23)26(30)27-18-22-9-13-25(14-10-22)29-16-3-2-4-17-29/h7-14,21H,2-6,15-20H2,1H3,(H,27,30)/t21-/m1/s1. The number of carbonyl (C=O) groups excluding carboxylic acids is 1. The summed E-state index contributed by atoms with van der Waals surface area (Å²) in [6, 6.07) is 16.7. The highest BCUT2D eigenvalue weighted by Crippen LogP contribution is 2.20. The highest BCUT2D eigenvalue weighted by Gasteiger charge is 2.16. The van der Waals surface area contributed by atoms with Gasteiger partial charge in [0.05, 0.1) is 0 Å². The third kappa shape index (κ3) is 5.63. The fourth-order valence-corrected chi connectivity index (χ4v) is 4.71. The molecule has 0 saturated carbocycles. The molecule has 1 atom stereocenters. The monoisotopic (exact) mass is 405 g/mol. The van der Waals surface area contributed by atoms with Gasteiger partial charge in [-0.25, -0.2) is 0 Å². The van der Waals surface area contributed by atoms with Crippen LogP contribution in [0.4, 0.5) is 5.69 Å². The molecule has 0 unspecified atom stereocenters. The lowest BCUT2D eigenvalue weighted by molar-refractivity contribution is 0.0951. The van der Waals surface area contributed by atoms with Crippen molar-refractivity contribution in [2.45, 2.75) is 52.1 Å². The molecule has 2 aromatic carbocycles. The Morgan fingerprint density at radius 1 is 0.900 bits per heavy atom. The molecule has 0 aliphatic carbocycles. The van der Waals surface area contributed by atoms with Crippen molar-refractivity contribution in [1.82, 2.24) is 10.2 Å². The van der Waals surface area contributed by atoms with Crippen molar-refractivity contribution in [1.29, 1.82) is 0 Å². The van der Waals surface area contributed by atoms with Crippen LogP contribution in [-0.2, 0) is 13.1 Å². The molecule has 2 fully saturated rings. The summed E-state index contributed by atoms with van der Waals surface area (Å²) in [5, 5.41) is 3.06. The Balaban J connectivity index is 1.26. The average molecular weight is 406 g/mol. The lowest BCUT2D eigenvalue weighted by Gasteiger charge is -2.30. The fraction of sp³-hybridized carbons (Fsp3) is 0.500. The van der Waals surface area contributed by atoms with E-state index in [9.17, 15) is 4.79 Å². The van der Waals surface area contributed by atoms with Crippen molar-refractivity contribution in [3.63, 3.8) is 0 Å². The van der Waals surface area contributed by atoms with Crippen LogP contribution in [0.3, 0.4) is 0 Å². The number of hydrogen-bond acceptors (Lipinski definition) is 3. The van der Waals surface area contributed by atoms with Crippen molar-refractivity contribution in [2.24, 2.45) is 5.92 Å². The lowest BCUT2D eigenvalue weighted by atomic mass is 9.99. The molecule has 2 saturated heterocycles. The van der Waals surface area contributed by atoms with Gasteiger partial charge in [0.2, 0.25) is 0 Å². The van der Waals surface area contributed by atoms with Crippen LogP contribution < -0.4 is 10.2 Å². The van der Waals surface area contributed by atoms with Crippen molar-refractivity contribution >= 4 is 11.6 Å². The number of rotatable bonds is 6. The zero-order valence-electron chi connectivity index (χ0n) is 18.3. The smallest absolute Gasteiger partial charge is 0.251 e. The largest absolute Gasteiger partial charge is 0.372 e. The molecule has 2 aromatic rings. The van der Waals surface area contributed by atoms with Gasteiger partial charge in [0.1, 0.15) is 0 Å². The SMILES string of the molecule is C[C@@H]1CCCN(Cc2ccc(C(=O)NCc3ccc(N4CCCCC4)cc3)cc2)C1. The number of piperidine rings is 2. The number of benzene rings is 2. The van der Waals surface area contributed by atoms with Crippen molar-refractivity contribution in [2.75, 3.05) is 31.1 Å². The van der Waals surface area contributed by atoms with E-state index in [2.05, 4.69) is 58.4 Å². The highest BCUT2D eigenvalue weighted by atomic mass is 16.1. The molecule has 1 N–H and O–H groups in total. The zero-order valence-corrected chi connectivity index (χ0v) is 18.3. The molecule has 30 heavy (non-hydrogen) atoms. The van der Waals surface area contributed by atoms with Gasteiger partial charge in [-0.2, -0.15) is 0 Å². The highest BCUT2D eigenvalue weighted by molar-refractivity contribution is 5.94. The average Bonchev–Trinajstić information content (AvgIpc) is 2.79. The minimum atomic E-state index is -0.00625. The number of nitrogens with one attached hydrogen (secondary N) is 1. The van der Waals surface area contributed by atoms with Gasteiger partial charge >= 0.3 is 0 Å². The minimum absolute atomic E-state index is 0.00625. The topological polar surface area (TPSA) is 35.6 Å². The van der Waals surface area contributed by atoms with Gasteiger partial charge in [-0.3, -0.25) is 9.69 Å². The maximum atomic E-state index is 12.5. The van der Waals surface area contributed by atoms with Crippen LogP contribution in [0.25, 0.3) is 0 Å². The van der Waals surface area contributed by atoms with Crippen LogP contribution in [0.15, 0.2) is 48.5 Å². The molecule has 1 amide bonds. The van der Waals surface area contributed by atoms with E-state index in [1.54, 1.807) is 0 Å². The van der Waals surface area contributed by atoms with Gasteiger partial charge in [-0.15, -0.1) is 0 Å². The van der Waals surface area contributed by atoms with Crippen LogP contribution in [0.2, 0.25) is 0 Å². The summed E-state index contributed by atoms with van der Waals surface area (Å²) < 4.78 is 0. The second-order valence-electron chi connectivity index (χ2n) is 9.08.